The highest BCUT2D eigenvalue weighted by molar-refractivity contribution is 5.69. The van der Waals surface area contributed by atoms with Crippen LogP contribution in [0.1, 0.15) is 18.9 Å². The van der Waals surface area contributed by atoms with Gasteiger partial charge in [-0.1, -0.05) is 12.1 Å². The summed E-state index contributed by atoms with van der Waals surface area (Å²) in [6.45, 7) is 3.52. The van der Waals surface area contributed by atoms with Crippen molar-refractivity contribution in [3.05, 3.63) is 43.1 Å². The Balaban J connectivity index is 1.28. The molecule has 5 rings (SSSR count). The number of likely N-dealkylation sites (tertiary alicyclic amines) is 1. The lowest BCUT2D eigenvalue weighted by Gasteiger charge is -2.36. The summed E-state index contributed by atoms with van der Waals surface area (Å²) in [5, 5.41) is 0. The zero-order chi connectivity index (χ0) is 17.3. The summed E-state index contributed by atoms with van der Waals surface area (Å²) in [7, 11) is 0. The van der Waals surface area contributed by atoms with Crippen LogP contribution in [0.25, 0.3) is 11.2 Å². The second-order valence-corrected chi connectivity index (χ2v) is 6.94. The second-order valence-electron chi connectivity index (χ2n) is 6.94. The third-order valence-electron chi connectivity index (χ3n) is 5.14. The average Bonchev–Trinajstić information content (AvgIpc) is 3.12. The molecule has 0 N–H and O–H groups in total. The van der Waals surface area contributed by atoms with Crippen molar-refractivity contribution in [3.8, 4) is 11.5 Å². The lowest BCUT2D eigenvalue weighted by molar-refractivity contribution is 0.0464. The number of rotatable bonds is 3. The average molecular weight is 351 g/mol. The molecule has 0 aliphatic carbocycles. The molecule has 0 amide bonds. The number of aromatic nitrogens is 4. The van der Waals surface area contributed by atoms with Crippen molar-refractivity contribution in [2.45, 2.75) is 25.0 Å². The molecule has 1 fully saturated rings. The lowest BCUT2D eigenvalue weighted by Crippen LogP contribution is -2.45. The van der Waals surface area contributed by atoms with Crippen molar-refractivity contribution in [2.75, 3.05) is 26.2 Å². The molecule has 0 spiro atoms. The van der Waals surface area contributed by atoms with Gasteiger partial charge in [-0.05, 0) is 31.5 Å². The highest BCUT2D eigenvalue weighted by atomic mass is 16.6. The van der Waals surface area contributed by atoms with Crippen LogP contribution in [0.4, 0.5) is 0 Å². The van der Waals surface area contributed by atoms with Crippen molar-refractivity contribution in [3.63, 3.8) is 0 Å². The molecule has 1 aromatic carbocycles. The molecule has 7 heteroatoms. The lowest BCUT2D eigenvalue weighted by atomic mass is 10.0. The molecular weight excluding hydrogens is 330 g/mol. The molecule has 2 atom stereocenters. The standard InChI is InChI=1S/C19H21N5O2/c1-2-6-18-17(5-1)25-11-15(26-18)10-23-7-3-4-14(9-23)24-13-22-16-8-20-12-21-19(16)24/h1-2,5-6,8,12-15H,3-4,7,9-11H2/t14-,15-/m0/s1. The smallest absolute Gasteiger partial charge is 0.163 e. The number of imidazole rings is 1. The third-order valence-corrected chi connectivity index (χ3v) is 5.14. The van der Waals surface area contributed by atoms with Crippen LogP contribution in [0, 0.1) is 0 Å². The van der Waals surface area contributed by atoms with Crippen LogP contribution >= 0.6 is 0 Å². The number of nitrogens with zero attached hydrogens (tertiary/aromatic N) is 5. The fraction of sp³-hybridized carbons (Fsp3) is 0.421. The van der Waals surface area contributed by atoms with Crippen LogP contribution in [-0.2, 0) is 0 Å². The summed E-state index contributed by atoms with van der Waals surface area (Å²) in [6.07, 6.45) is 7.60. The van der Waals surface area contributed by atoms with Gasteiger partial charge in [-0.25, -0.2) is 15.0 Å². The Morgan fingerprint density at radius 3 is 3.04 bits per heavy atom. The molecule has 4 heterocycles. The van der Waals surface area contributed by atoms with E-state index in [1.165, 1.54) is 0 Å². The summed E-state index contributed by atoms with van der Waals surface area (Å²) in [6, 6.07) is 8.25. The second kappa shape index (κ2) is 6.57. The summed E-state index contributed by atoms with van der Waals surface area (Å²) in [5.41, 5.74) is 1.77. The maximum absolute atomic E-state index is 6.12. The summed E-state index contributed by atoms with van der Waals surface area (Å²) in [5.74, 6) is 1.68. The van der Waals surface area contributed by atoms with Crippen LogP contribution < -0.4 is 9.47 Å². The molecule has 2 aliphatic rings. The van der Waals surface area contributed by atoms with E-state index in [4.69, 9.17) is 9.47 Å². The predicted molar refractivity (Wildman–Crippen MR) is 96.4 cm³/mol. The van der Waals surface area contributed by atoms with Crippen LogP contribution in [0.5, 0.6) is 11.5 Å². The van der Waals surface area contributed by atoms with Gasteiger partial charge in [-0.2, -0.15) is 0 Å². The van der Waals surface area contributed by atoms with Gasteiger partial charge in [0.1, 0.15) is 24.6 Å². The minimum Gasteiger partial charge on any atom is -0.486 e. The van der Waals surface area contributed by atoms with E-state index in [0.29, 0.717) is 12.6 Å². The van der Waals surface area contributed by atoms with Gasteiger partial charge in [0, 0.05) is 19.1 Å². The minimum absolute atomic E-state index is 0.0607. The number of hydrogen-bond acceptors (Lipinski definition) is 6. The largest absolute Gasteiger partial charge is 0.486 e. The zero-order valence-corrected chi connectivity index (χ0v) is 14.5. The molecule has 7 nitrogen and oxygen atoms in total. The molecule has 2 aliphatic heterocycles. The topological polar surface area (TPSA) is 65.3 Å². The molecule has 3 aromatic rings. The maximum atomic E-state index is 6.12. The SMILES string of the molecule is c1ccc2c(c1)OC[C@H](CN1CCC[C@H](n3cnc4cncnc43)C1)O2. The van der Waals surface area contributed by atoms with E-state index >= 15 is 0 Å². The van der Waals surface area contributed by atoms with Crippen molar-refractivity contribution < 1.29 is 9.47 Å². The third kappa shape index (κ3) is 2.88. The molecule has 0 bridgehead atoms. The van der Waals surface area contributed by atoms with Crippen molar-refractivity contribution in [2.24, 2.45) is 0 Å². The molecule has 134 valence electrons. The fourth-order valence-electron chi connectivity index (χ4n) is 3.92. The first-order valence-electron chi connectivity index (χ1n) is 9.10. The first kappa shape index (κ1) is 15.6. The van der Waals surface area contributed by atoms with Crippen LogP contribution in [-0.4, -0.2) is 56.8 Å². The van der Waals surface area contributed by atoms with Crippen LogP contribution in [0.2, 0.25) is 0 Å². The Hall–Kier alpha value is -2.67. The van der Waals surface area contributed by atoms with E-state index in [1.807, 2.05) is 30.6 Å². The maximum Gasteiger partial charge on any atom is 0.163 e. The Labute approximate surface area is 151 Å². The molecule has 26 heavy (non-hydrogen) atoms. The van der Waals surface area contributed by atoms with E-state index in [0.717, 1.165) is 55.1 Å². The van der Waals surface area contributed by atoms with Gasteiger partial charge in [0.15, 0.2) is 17.1 Å². The van der Waals surface area contributed by atoms with E-state index < -0.39 is 0 Å². The molecule has 0 saturated carbocycles. The van der Waals surface area contributed by atoms with E-state index in [1.54, 1.807) is 12.5 Å². The van der Waals surface area contributed by atoms with Gasteiger partial charge in [0.25, 0.3) is 0 Å². The van der Waals surface area contributed by atoms with Gasteiger partial charge in [0.05, 0.1) is 12.5 Å². The molecule has 0 radical (unpaired) electrons. The molecule has 2 aromatic heterocycles. The van der Waals surface area contributed by atoms with Crippen LogP contribution in [0.3, 0.4) is 0 Å². The van der Waals surface area contributed by atoms with Crippen molar-refractivity contribution >= 4 is 11.2 Å². The van der Waals surface area contributed by atoms with Gasteiger partial charge in [-0.15, -0.1) is 0 Å². The minimum atomic E-state index is 0.0607. The van der Waals surface area contributed by atoms with Gasteiger partial charge in [0.2, 0.25) is 0 Å². The predicted octanol–water partition coefficient (Wildman–Crippen LogP) is 2.30. The summed E-state index contributed by atoms with van der Waals surface area (Å²) < 4.78 is 14.2. The quantitative estimate of drug-likeness (QED) is 0.721. The zero-order valence-electron chi connectivity index (χ0n) is 14.5. The normalized spacial score (nSPS) is 23.2. The number of fused-ring (bicyclic) bond motifs is 2. The van der Waals surface area contributed by atoms with E-state index in [2.05, 4.69) is 24.4 Å². The number of piperidine rings is 1. The fourth-order valence-corrected chi connectivity index (χ4v) is 3.92. The number of hydrogen-bond donors (Lipinski definition) is 0. The molecule has 1 saturated heterocycles. The van der Waals surface area contributed by atoms with Gasteiger partial charge < -0.3 is 14.0 Å². The highest BCUT2D eigenvalue weighted by Crippen LogP contribution is 2.32. The summed E-state index contributed by atoms with van der Waals surface area (Å²) >= 11 is 0. The Kier molecular flexibility index (Phi) is 3.93. The summed E-state index contributed by atoms with van der Waals surface area (Å²) in [4.78, 5) is 15.4. The Morgan fingerprint density at radius 2 is 2.08 bits per heavy atom. The van der Waals surface area contributed by atoms with E-state index in [9.17, 15) is 0 Å². The van der Waals surface area contributed by atoms with Crippen molar-refractivity contribution in [1.82, 2.24) is 24.4 Å². The Bertz CT molecular complexity index is 912. The first-order valence-corrected chi connectivity index (χ1v) is 9.10. The van der Waals surface area contributed by atoms with Crippen LogP contribution in [0.15, 0.2) is 43.1 Å². The number of benzene rings is 1. The van der Waals surface area contributed by atoms with E-state index in [-0.39, 0.29) is 6.10 Å². The number of ether oxygens (including phenoxy) is 2. The molecular formula is C19H21N5O2. The molecule has 0 unspecified atom stereocenters. The highest BCUT2D eigenvalue weighted by Gasteiger charge is 2.28. The van der Waals surface area contributed by atoms with Gasteiger partial charge >= 0.3 is 0 Å². The number of para-hydroxylation sites is 2. The first-order chi connectivity index (χ1) is 12.9. The monoisotopic (exact) mass is 351 g/mol. The van der Waals surface area contributed by atoms with Gasteiger partial charge in [-0.3, -0.25) is 4.90 Å². The van der Waals surface area contributed by atoms with Crippen molar-refractivity contribution in [1.29, 1.82) is 0 Å². The Morgan fingerprint density at radius 1 is 1.15 bits per heavy atom.